The van der Waals surface area contributed by atoms with Gasteiger partial charge in [-0.1, -0.05) is 35.5 Å². The molecule has 3 aromatic rings. The molecule has 276 valence electrons. The zero-order chi connectivity index (χ0) is 37.6. The van der Waals surface area contributed by atoms with Crippen LogP contribution in [0.4, 0.5) is 4.39 Å². The molecule has 3 aliphatic heterocycles. The molecule has 2 fully saturated rings. The van der Waals surface area contributed by atoms with E-state index in [0.29, 0.717) is 30.9 Å². The van der Waals surface area contributed by atoms with Crippen molar-refractivity contribution in [1.82, 2.24) is 40.7 Å². The standard InChI is InChI=1S/C36H38FN9O7/c1-38-30-15-26(37)18-46(30)36(53)28-13-25(35(52)41-28)14-32(48)44-16-23-3-2-4-24(27(23)19-44)17-45-20-29(42-43-45)21-5-7-22(8-6-21)34(51)40-12-11-39-31(47)9-10-33(49)50/h2-8,20,25-26,28,30H,9-19H2,(H,39,47)(H,40,51)(H,41,52)(H,49,50)/t25-,26-,28-,30-/m0/s1. The number of rotatable bonds is 13. The van der Waals surface area contributed by atoms with Gasteiger partial charge in [-0.15, -0.1) is 5.10 Å². The number of likely N-dealkylation sites (tertiary alicyclic amines) is 1. The molecule has 53 heavy (non-hydrogen) atoms. The lowest BCUT2D eigenvalue weighted by Crippen LogP contribution is -2.46. The molecule has 0 spiro atoms. The fraction of sp³-hybridized carbons (Fsp3) is 0.417. The van der Waals surface area contributed by atoms with Crippen LogP contribution in [0.3, 0.4) is 0 Å². The van der Waals surface area contributed by atoms with Crippen LogP contribution in [0.2, 0.25) is 0 Å². The van der Waals surface area contributed by atoms with Gasteiger partial charge in [-0.25, -0.2) is 15.6 Å². The molecule has 1 aromatic heterocycles. The van der Waals surface area contributed by atoms with E-state index in [4.69, 9.17) is 11.7 Å². The number of benzene rings is 2. The third kappa shape index (κ3) is 8.66. The van der Waals surface area contributed by atoms with Gasteiger partial charge in [-0.3, -0.25) is 38.5 Å². The summed E-state index contributed by atoms with van der Waals surface area (Å²) in [7, 11) is 0. The molecular formula is C36H38FN9O7. The first-order valence-electron chi connectivity index (χ1n) is 17.2. The zero-order valence-electron chi connectivity index (χ0n) is 28.7. The van der Waals surface area contributed by atoms with Crippen molar-refractivity contribution < 1.29 is 38.3 Å². The molecule has 0 unspecified atom stereocenters. The molecule has 5 amide bonds. The highest BCUT2D eigenvalue weighted by atomic mass is 19.1. The minimum atomic E-state index is -1.28. The van der Waals surface area contributed by atoms with E-state index in [1.807, 2.05) is 18.2 Å². The number of hydrogen-bond donors (Lipinski definition) is 4. The van der Waals surface area contributed by atoms with Crippen LogP contribution in [0.15, 0.2) is 48.7 Å². The smallest absolute Gasteiger partial charge is 0.303 e. The molecule has 2 aromatic carbocycles. The summed E-state index contributed by atoms with van der Waals surface area (Å²) in [6.45, 7) is 8.56. The number of carboxylic acid groups (broad SMARTS) is 1. The van der Waals surface area contributed by atoms with Crippen molar-refractivity contribution in [2.75, 3.05) is 19.6 Å². The number of nitrogens with one attached hydrogen (secondary N) is 3. The highest BCUT2D eigenvalue weighted by molar-refractivity contribution is 5.95. The van der Waals surface area contributed by atoms with Gasteiger partial charge >= 0.3 is 12.1 Å². The number of alkyl halides is 1. The maximum atomic E-state index is 13.9. The second-order valence-electron chi connectivity index (χ2n) is 13.3. The molecule has 17 heteroatoms. The number of fused-ring (bicyclic) bond motifs is 1. The minimum absolute atomic E-state index is 0.0447. The van der Waals surface area contributed by atoms with Crippen molar-refractivity contribution in [3.8, 4) is 11.3 Å². The Kier molecular flexibility index (Phi) is 11.1. The summed E-state index contributed by atoms with van der Waals surface area (Å²) in [5.74, 6) is -3.60. The van der Waals surface area contributed by atoms with Crippen LogP contribution in [-0.4, -0.2) is 103 Å². The lowest BCUT2D eigenvalue weighted by atomic mass is 10.00. The average Bonchev–Trinajstić information content (AvgIpc) is 3.95. The van der Waals surface area contributed by atoms with Gasteiger partial charge in [-0.2, -0.15) is 0 Å². The van der Waals surface area contributed by atoms with Gasteiger partial charge in [0.25, 0.3) is 11.8 Å². The minimum Gasteiger partial charge on any atom is -0.481 e. The van der Waals surface area contributed by atoms with Crippen LogP contribution in [0.25, 0.3) is 16.1 Å². The van der Waals surface area contributed by atoms with E-state index >= 15 is 0 Å². The Morgan fingerprint density at radius 3 is 2.55 bits per heavy atom. The highest BCUT2D eigenvalue weighted by Crippen LogP contribution is 2.31. The molecule has 16 nitrogen and oxygen atoms in total. The molecule has 0 saturated carbocycles. The van der Waals surface area contributed by atoms with Crippen molar-refractivity contribution >= 4 is 35.5 Å². The molecular weight excluding hydrogens is 689 g/mol. The van der Waals surface area contributed by atoms with Gasteiger partial charge in [0, 0.05) is 56.1 Å². The second kappa shape index (κ2) is 16.0. The summed E-state index contributed by atoms with van der Waals surface area (Å²) < 4.78 is 15.6. The third-order valence-electron chi connectivity index (χ3n) is 9.63. The highest BCUT2D eigenvalue weighted by Gasteiger charge is 2.46. The first-order valence-corrected chi connectivity index (χ1v) is 17.2. The van der Waals surface area contributed by atoms with E-state index in [1.165, 1.54) is 4.90 Å². The molecule has 0 radical (unpaired) electrons. The number of amides is 5. The van der Waals surface area contributed by atoms with Gasteiger partial charge in [-0.05, 0) is 35.2 Å². The summed E-state index contributed by atoms with van der Waals surface area (Å²) in [5, 5.41) is 25.1. The molecule has 6 rings (SSSR count). The van der Waals surface area contributed by atoms with Crippen LogP contribution < -0.4 is 16.0 Å². The first-order chi connectivity index (χ1) is 25.5. The van der Waals surface area contributed by atoms with Crippen molar-refractivity contribution in [3.05, 3.63) is 82.3 Å². The lowest BCUT2D eigenvalue weighted by molar-refractivity contribution is -0.138. The fourth-order valence-corrected chi connectivity index (χ4v) is 6.82. The number of carboxylic acids is 1. The van der Waals surface area contributed by atoms with E-state index < -0.39 is 48.0 Å². The van der Waals surface area contributed by atoms with E-state index in [0.717, 1.165) is 22.3 Å². The Hall–Kier alpha value is -6.18. The van der Waals surface area contributed by atoms with E-state index in [2.05, 4.69) is 31.1 Å². The first kappa shape index (κ1) is 36.6. The molecule has 2 saturated heterocycles. The number of aliphatic carboxylic acids is 1. The van der Waals surface area contributed by atoms with Gasteiger partial charge in [0.1, 0.15) is 17.9 Å². The van der Waals surface area contributed by atoms with E-state index in [-0.39, 0.29) is 63.6 Å². The molecule has 0 aliphatic carbocycles. The molecule has 3 aliphatic rings. The second-order valence-corrected chi connectivity index (χ2v) is 13.3. The van der Waals surface area contributed by atoms with Crippen LogP contribution in [0.1, 0.15) is 59.2 Å². The quantitative estimate of drug-likeness (QED) is 0.148. The number of nitrogens with zero attached hydrogens (tertiary/aromatic N) is 6. The Balaban J connectivity index is 0.994. The fourth-order valence-electron chi connectivity index (χ4n) is 6.82. The third-order valence-corrected chi connectivity index (χ3v) is 9.63. The van der Waals surface area contributed by atoms with Crippen LogP contribution in [0, 0.1) is 12.5 Å². The van der Waals surface area contributed by atoms with Crippen LogP contribution >= 0.6 is 0 Å². The molecule has 4 heterocycles. The normalized spacial score (nSPS) is 20.4. The van der Waals surface area contributed by atoms with Crippen molar-refractivity contribution in [3.63, 3.8) is 0 Å². The topological polar surface area (TPSA) is 200 Å². The Morgan fingerprint density at radius 1 is 1.02 bits per heavy atom. The summed E-state index contributed by atoms with van der Waals surface area (Å²) in [5.41, 5.74) is 4.66. The van der Waals surface area contributed by atoms with Crippen molar-refractivity contribution in [2.24, 2.45) is 5.92 Å². The van der Waals surface area contributed by atoms with Gasteiger partial charge < -0.3 is 26.0 Å². The Labute approximate surface area is 303 Å². The number of hydrogen-bond acceptors (Lipinski definition) is 8. The Bertz CT molecular complexity index is 1960. The number of carbonyl (C=O) groups excluding carboxylic acids is 5. The largest absolute Gasteiger partial charge is 0.481 e. The average molecular weight is 728 g/mol. The summed E-state index contributed by atoms with van der Waals surface area (Å²) in [6.07, 6.45) is -0.771. The predicted molar refractivity (Wildman–Crippen MR) is 184 cm³/mol. The maximum absolute atomic E-state index is 13.9. The number of halogens is 1. The van der Waals surface area contributed by atoms with Crippen LogP contribution in [-0.2, 0) is 43.6 Å². The number of aromatic nitrogens is 3. The monoisotopic (exact) mass is 727 g/mol. The SMILES string of the molecule is [C-]#[N+][C@@H]1C[C@H](F)CN1C(=O)[C@@H]1C[C@@H](CC(=O)N2Cc3cccc(Cn4cc(-c5ccc(C(=O)NCCNC(=O)CCC(=O)O)cc5)nn4)c3C2)C(=O)N1. The van der Waals surface area contributed by atoms with Crippen molar-refractivity contribution in [2.45, 2.75) is 70.1 Å². The van der Waals surface area contributed by atoms with Gasteiger partial charge in [0.05, 0.1) is 32.1 Å². The van der Waals surface area contributed by atoms with E-state index in [9.17, 15) is 33.2 Å². The molecule has 4 atom stereocenters. The predicted octanol–water partition coefficient (Wildman–Crippen LogP) is 1.26. The summed E-state index contributed by atoms with van der Waals surface area (Å²) >= 11 is 0. The summed E-state index contributed by atoms with van der Waals surface area (Å²) in [4.78, 5) is 80.1. The van der Waals surface area contributed by atoms with E-state index in [1.54, 1.807) is 40.0 Å². The lowest BCUT2D eigenvalue weighted by Gasteiger charge is -2.20. The molecule has 0 bridgehead atoms. The van der Waals surface area contributed by atoms with Crippen molar-refractivity contribution in [1.29, 1.82) is 0 Å². The van der Waals surface area contributed by atoms with Gasteiger partial charge in [0.15, 0.2) is 0 Å². The Morgan fingerprint density at radius 2 is 1.79 bits per heavy atom. The van der Waals surface area contributed by atoms with Gasteiger partial charge in [0.2, 0.25) is 17.7 Å². The zero-order valence-corrected chi connectivity index (χ0v) is 28.7. The van der Waals surface area contributed by atoms with Crippen LogP contribution in [0.5, 0.6) is 0 Å². The molecule has 4 N–H and O–H groups in total. The maximum Gasteiger partial charge on any atom is 0.303 e. The number of carbonyl (C=O) groups is 6. The summed E-state index contributed by atoms with van der Waals surface area (Å²) in [6, 6.07) is 11.7.